The summed E-state index contributed by atoms with van der Waals surface area (Å²) >= 11 is 9.62. The maximum absolute atomic E-state index is 13.1. The van der Waals surface area contributed by atoms with Gasteiger partial charge in [-0.2, -0.15) is 0 Å². The first-order chi connectivity index (χ1) is 7.03. The Labute approximate surface area is 103 Å². The Morgan fingerprint density at radius 3 is 2.73 bits per heavy atom. The summed E-state index contributed by atoms with van der Waals surface area (Å²) in [6.07, 6.45) is 3.18. The molecular formula is C12H13BrClF. The lowest BCUT2D eigenvalue weighted by Gasteiger charge is -2.18. The number of benzene rings is 1. The Morgan fingerprint density at radius 1 is 1.53 bits per heavy atom. The molecule has 0 radical (unpaired) electrons. The Morgan fingerprint density at radius 2 is 2.20 bits per heavy atom. The lowest BCUT2D eigenvalue weighted by atomic mass is 9.93. The van der Waals surface area contributed by atoms with E-state index in [2.05, 4.69) is 15.9 Å². The zero-order valence-corrected chi connectivity index (χ0v) is 10.9. The summed E-state index contributed by atoms with van der Waals surface area (Å²) in [5.41, 5.74) is 1.23. The molecular weight excluding hydrogens is 278 g/mol. The van der Waals surface area contributed by atoms with Gasteiger partial charge < -0.3 is 0 Å². The number of hydrogen-bond donors (Lipinski definition) is 0. The molecule has 1 saturated carbocycles. The molecule has 2 rings (SSSR count). The van der Waals surface area contributed by atoms with Crippen molar-refractivity contribution in [3.05, 3.63) is 34.1 Å². The van der Waals surface area contributed by atoms with Crippen molar-refractivity contribution in [2.24, 2.45) is 5.41 Å². The standard InChI is InChI=1S/C12H13BrClF/c1-8(14)12(4-5-12)7-9-6-10(15)2-3-11(9)13/h2-3,6,8H,4-5,7H2,1H3. The highest BCUT2D eigenvalue weighted by Crippen LogP contribution is 2.53. The Hall–Kier alpha value is -0.0800. The fourth-order valence-corrected chi connectivity index (χ4v) is 2.62. The molecule has 3 heteroatoms. The summed E-state index contributed by atoms with van der Waals surface area (Å²) in [4.78, 5) is 0. The fraction of sp³-hybridized carbons (Fsp3) is 0.500. The molecule has 0 N–H and O–H groups in total. The maximum Gasteiger partial charge on any atom is 0.123 e. The first kappa shape index (κ1) is 11.4. The number of hydrogen-bond acceptors (Lipinski definition) is 0. The molecule has 1 aliphatic rings. The first-order valence-corrected chi connectivity index (χ1v) is 6.34. The van der Waals surface area contributed by atoms with Crippen molar-refractivity contribution in [3.63, 3.8) is 0 Å². The van der Waals surface area contributed by atoms with E-state index >= 15 is 0 Å². The Bertz CT molecular complexity index is 372. The summed E-state index contributed by atoms with van der Waals surface area (Å²) in [7, 11) is 0. The van der Waals surface area contributed by atoms with Crippen molar-refractivity contribution < 1.29 is 4.39 Å². The summed E-state index contributed by atoms with van der Waals surface area (Å²) in [6, 6.07) is 4.83. The molecule has 1 fully saturated rings. The topological polar surface area (TPSA) is 0 Å². The summed E-state index contributed by atoms with van der Waals surface area (Å²) < 4.78 is 14.1. The van der Waals surface area contributed by atoms with Gasteiger partial charge in [-0.15, -0.1) is 11.6 Å². The van der Waals surface area contributed by atoms with E-state index in [0.717, 1.165) is 29.3 Å². The van der Waals surface area contributed by atoms with Gasteiger partial charge in [-0.25, -0.2) is 4.39 Å². The molecule has 0 saturated heterocycles. The molecule has 0 aromatic heterocycles. The van der Waals surface area contributed by atoms with Crippen LogP contribution in [0.4, 0.5) is 4.39 Å². The van der Waals surface area contributed by atoms with E-state index in [1.165, 1.54) is 6.07 Å². The molecule has 0 nitrogen and oxygen atoms in total. The van der Waals surface area contributed by atoms with Gasteiger partial charge in [0.2, 0.25) is 0 Å². The third-order valence-corrected chi connectivity index (χ3v) is 4.52. The van der Waals surface area contributed by atoms with Crippen LogP contribution in [0.15, 0.2) is 22.7 Å². The maximum atomic E-state index is 13.1. The van der Waals surface area contributed by atoms with Crippen LogP contribution in [0.3, 0.4) is 0 Å². The molecule has 0 amide bonds. The monoisotopic (exact) mass is 290 g/mol. The van der Waals surface area contributed by atoms with Gasteiger partial charge in [0.15, 0.2) is 0 Å². The van der Waals surface area contributed by atoms with Crippen LogP contribution in [0.1, 0.15) is 25.3 Å². The van der Waals surface area contributed by atoms with Crippen molar-refractivity contribution in [1.82, 2.24) is 0 Å². The minimum absolute atomic E-state index is 0.160. The SMILES string of the molecule is CC(Cl)C1(Cc2cc(F)ccc2Br)CC1. The van der Waals surface area contributed by atoms with Gasteiger partial charge in [0.1, 0.15) is 5.82 Å². The van der Waals surface area contributed by atoms with Crippen LogP contribution in [0.25, 0.3) is 0 Å². The molecule has 82 valence electrons. The minimum Gasteiger partial charge on any atom is -0.207 e. The van der Waals surface area contributed by atoms with Gasteiger partial charge in [-0.3, -0.25) is 0 Å². The summed E-state index contributed by atoms with van der Waals surface area (Å²) in [5.74, 6) is -0.175. The molecule has 1 aromatic carbocycles. The Balaban J connectivity index is 2.21. The zero-order chi connectivity index (χ0) is 11.1. The molecule has 0 bridgehead atoms. The summed E-state index contributed by atoms with van der Waals surface area (Å²) in [5, 5.41) is 0.160. The number of rotatable bonds is 3. The molecule has 1 aliphatic carbocycles. The Kier molecular flexibility index (Phi) is 3.09. The van der Waals surface area contributed by atoms with Crippen molar-refractivity contribution in [3.8, 4) is 0 Å². The molecule has 0 heterocycles. The summed E-state index contributed by atoms with van der Waals surface area (Å²) in [6.45, 7) is 2.03. The van der Waals surface area contributed by atoms with Gasteiger partial charge in [0.25, 0.3) is 0 Å². The zero-order valence-electron chi connectivity index (χ0n) is 8.56. The predicted octanol–water partition coefficient (Wildman–Crippen LogP) is 4.54. The van der Waals surface area contributed by atoms with Gasteiger partial charge in [0.05, 0.1) is 0 Å². The van der Waals surface area contributed by atoms with Gasteiger partial charge in [0, 0.05) is 9.85 Å². The third kappa shape index (κ3) is 2.36. The van der Waals surface area contributed by atoms with E-state index in [1.807, 2.05) is 6.92 Å². The highest BCUT2D eigenvalue weighted by atomic mass is 79.9. The van der Waals surface area contributed by atoms with E-state index in [4.69, 9.17) is 11.6 Å². The fourth-order valence-electron chi connectivity index (χ4n) is 1.93. The average molecular weight is 292 g/mol. The van der Waals surface area contributed by atoms with Crippen LogP contribution in [0.2, 0.25) is 0 Å². The van der Waals surface area contributed by atoms with Crippen molar-refractivity contribution in [2.75, 3.05) is 0 Å². The van der Waals surface area contributed by atoms with Crippen molar-refractivity contribution in [2.45, 2.75) is 31.6 Å². The molecule has 0 spiro atoms. The van der Waals surface area contributed by atoms with Crippen LogP contribution in [0.5, 0.6) is 0 Å². The van der Waals surface area contributed by atoms with Crippen LogP contribution in [0, 0.1) is 11.2 Å². The number of halogens is 3. The van der Waals surface area contributed by atoms with Crippen LogP contribution < -0.4 is 0 Å². The smallest absolute Gasteiger partial charge is 0.123 e. The van der Waals surface area contributed by atoms with E-state index in [9.17, 15) is 4.39 Å². The van der Waals surface area contributed by atoms with E-state index in [0.29, 0.717) is 0 Å². The second-order valence-corrected chi connectivity index (χ2v) is 5.90. The average Bonchev–Trinajstić information content (AvgIpc) is 2.92. The number of alkyl halides is 1. The quantitative estimate of drug-likeness (QED) is 0.717. The highest BCUT2D eigenvalue weighted by molar-refractivity contribution is 9.10. The second kappa shape index (κ2) is 4.06. The lowest BCUT2D eigenvalue weighted by molar-refractivity contribution is 0.493. The minimum atomic E-state index is -0.175. The normalized spacial score (nSPS) is 20.0. The first-order valence-electron chi connectivity index (χ1n) is 5.11. The van der Waals surface area contributed by atoms with Gasteiger partial charge in [-0.1, -0.05) is 15.9 Å². The van der Waals surface area contributed by atoms with Crippen molar-refractivity contribution >= 4 is 27.5 Å². The van der Waals surface area contributed by atoms with Crippen LogP contribution >= 0.6 is 27.5 Å². The van der Waals surface area contributed by atoms with Crippen LogP contribution in [-0.2, 0) is 6.42 Å². The van der Waals surface area contributed by atoms with E-state index < -0.39 is 0 Å². The molecule has 0 aliphatic heterocycles. The van der Waals surface area contributed by atoms with Gasteiger partial charge in [-0.05, 0) is 55.4 Å². The van der Waals surface area contributed by atoms with E-state index in [1.54, 1.807) is 12.1 Å². The molecule has 1 aromatic rings. The van der Waals surface area contributed by atoms with Crippen molar-refractivity contribution in [1.29, 1.82) is 0 Å². The third-order valence-electron chi connectivity index (χ3n) is 3.29. The lowest BCUT2D eigenvalue weighted by Crippen LogP contribution is -2.16. The highest BCUT2D eigenvalue weighted by Gasteiger charge is 2.46. The molecule has 1 atom stereocenters. The van der Waals surface area contributed by atoms with Crippen LogP contribution in [-0.4, -0.2) is 5.38 Å². The largest absolute Gasteiger partial charge is 0.207 e. The molecule has 15 heavy (non-hydrogen) atoms. The molecule has 1 unspecified atom stereocenters. The van der Waals surface area contributed by atoms with Gasteiger partial charge >= 0.3 is 0 Å². The van der Waals surface area contributed by atoms with E-state index in [-0.39, 0.29) is 16.6 Å². The second-order valence-electron chi connectivity index (χ2n) is 4.39. The predicted molar refractivity (Wildman–Crippen MR) is 64.8 cm³/mol.